The summed E-state index contributed by atoms with van der Waals surface area (Å²) in [6, 6.07) is 4.22. The molecule has 0 saturated heterocycles. The zero-order chi connectivity index (χ0) is 11.4. The summed E-state index contributed by atoms with van der Waals surface area (Å²) in [6.45, 7) is 2.98. The molecule has 84 valence electrons. The van der Waals surface area contributed by atoms with Gasteiger partial charge < -0.3 is 5.32 Å². The van der Waals surface area contributed by atoms with Crippen LogP contribution in [0.1, 0.15) is 24.1 Å². The maximum Gasteiger partial charge on any atom is 0.0606 e. The molecule has 2 aromatic heterocycles. The van der Waals surface area contributed by atoms with E-state index in [2.05, 4.69) is 28.5 Å². The summed E-state index contributed by atoms with van der Waals surface area (Å²) >= 11 is 0. The lowest BCUT2D eigenvalue weighted by Gasteiger charge is -2.14. The molecule has 0 spiro atoms. The van der Waals surface area contributed by atoms with Crippen LogP contribution in [0.15, 0.2) is 36.9 Å². The quantitative estimate of drug-likeness (QED) is 0.844. The third kappa shape index (κ3) is 2.12. The number of nitrogens with one attached hydrogen (secondary N) is 1. The molecule has 0 aromatic carbocycles. The Kier molecular flexibility index (Phi) is 3.31. The normalized spacial score (nSPS) is 12.6. The van der Waals surface area contributed by atoms with Gasteiger partial charge in [-0.05, 0) is 31.7 Å². The van der Waals surface area contributed by atoms with Gasteiger partial charge in [-0.15, -0.1) is 0 Å². The molecular formula is C12H16N4. The molecule has 2 aromatic rings. The second-order valence-corrected chi connectivity index (χ2v) is 3.63. The predicted octanol–water partition coefficient (Wildman–Crippen LogP) is 1.61. The summed E-state index contributed by atoms with van der Waals surface area (Å²) in [7, 11) is 1.95. The number of pyridine rings is 1. The lowest BCUT2D eigenvalue weighted by atomic mass is 10.0. The van der Waals surface area contributed by atoms with Crippen molar-refractivity contribution >= 4 is 0 Å². The van der Waals surface area contributed by atoms with E-state index >= 15 is 0 Å². The van der Waals surface area contributed by atoms with Crippen molar-refractivity contribution in [3.05, 3.63) is 48.0 Å². The molecular weight excluding hydrogens is 200 g/mol. The van der Waals surface area contributed by atoms with Crippen molar-refractivity contribution in [1.29, 1.82) is 0 Å². The fourth-order valence-corrected chi connectivity index (χ4v) is 1.78. The lowest BCUT2D eigenvalue weighted by molar-refractivity contribution is 0.653. The average molecular weight is 216 g/mol. The first-order chi connectivity index (χ1) is 7.85. The van der Waals surface area contributed by atoms with Gasteiger partial charge in [-0.3, -0.25) is 9.67 Å². The van der Waals surface area contributed by atoms with Gasteiger partial charge in [-0.1, -0.05) is 0 Å². The summed E-state index contributed by atoms with van der Waals surface area (Å²) in [5.74, 6) is 0. The minimum Gasteiger partial charge on any atom is -0.309 e. The van der Waals surface area contributed by atoms with E-state index < -0.39 is 0 Å². The second kappa shape index (κ2) is 4.90. The number of aromatic nitrogens is 3. The molecule has 4 nitrogen and oxygen atoms in total. The zero-order valence-electron chi connectivity index (χ0n) is 9.59. The number of aryl methyl sites for hydroxylation is 1. The molecule has 2 heterocycles. The third-order valence-corrected chi connectivity index (χ3v) is 2.64. The zero-order valence-corrected chi connectivity index (χ0v) is 9.59. The first-order valence-electron chi connectivity index (χ1n) is 5.44. The Labute approximate surface area is 95.3 Å². The summed E-state index contributed by atoms with van der Waals surface area (Å²) in [5.41, 5.74) is 2.38. The van der Waals surface area contributed by atoms with Gasteiger partial charge in [0, 0.05) is 30.7 Å². The highest BCUT2D eigenvalue weighted by Crippen LogP contribution is 2.20. The van der Waals surface area contributed by atoms with E-state index in [1.807, 2.05) is 42.5 Å². The molecule has 4 heteroatoms. The van der Waals surface area contributed by atoms with E-state index in [4.69, 9.17) is 0 Å². The van der Waals surface area contributed by atoms with Crippen molar-refractivity contribution in [2.45, 2.75) is 19.5 Å². The van der Waals surface area contributed by atoms with Crippen LogP contribution in [-0.4, -0.2) is 21.8 Å². The number of hydrogen-bond acceptors (Lipinski definition) is 3. The van der Waals surface area contributed by atoms with Crippen LogP contribution >= 0.6 is 0 Å². The maximum absolute atomic E-state index is 4.29. The SMILES string of the molecule is CCn1cc(C(NC)c2ccncc2)cn1. The minimum absolute atomic E-state index is 0.184. The van der Waals surface area contributed by atoms with Crippen molar-refractivity contribution in [2.75, 3.05) is 7.05 Å². The Morgan fingerprint density at radius 1 is 1.31 bits per heavy atom. The van der Waals surface area contributed by atoms with Crippen LogP contribution in [0.25, 0.3) is 0 Å². The van der Waals surface area contributed by atoms with Crippen LogP contribution in [0.3, 0.4) is 0 Å². The Balaban J connectivity index is 2.29. The first-order valence-corrected chi connectivity index (χ1v) is 5.44. The summed E-state index contributed by atoms with van der Waals surface area (Å²) in [6.07, 6.45) is 7.60. The fraction of sp³-hybridized carbons (Fsp3) is 0.333. The van der Waals surface area contributed by atoms with Crippen molar-refractivity contribution in [2.24, 2.45) is 0 Å². The van der Waals surface area contributed by atoms with Gasteiger partial charge in [0.1, 0.15) is 0 Å². The van der Waals surface area contributed by atoms with Gasteiger partial charge in [0.2, 0.25) is 0 Å². The van der Waals surface area contributed by atoms with Crippen molar-refractivity contribution in [3.8, 4) is 0 Å². The van der Waals surface area contributed by atoms with Gasteiger partial charge in [0.15, 0.2) is 0 Å². The second-order valence-electron chi connectivity index (χ2n) is 3.63. The van der Waals surface area contributed by atoms with Crippen LogP contribution in [-0.2, 0) is 6.54 Å². The van der Waals surface area contributed by atoms with Gasteiger partial charge in [-0.2, -0.15) is 5.10 Å². The van der Waals surface area contributed by atoms with E-state index in [0.717, 1.165) is 6.54 Å². The molecule has 16 heavy (non-hydrogen) atoms. The monoisotopic (exact) mass is 216 g/mol. The minimum atomic E-state index is 0.184. The van der Waals surface area contributed by atoms with Crippen LogP contribution in [0.2, 0.25) is 0 Å². The van der Waals surface area contributed by atoms with Gasteiger partial charge in [0.05, 0.1) is 12.2 Å². The molecule has 1 unspecified atom stereocenters. The topological polar surface area (TPSA) is 42.7 Å². The molecule has 0 saturated carbocycles. The van der Waals surface area contributed by atoms with E-state index in [9.17, 15) is 0 Å². The van der Waals surface area contributed by atoms with Gasteiger partial charge >= 0.3 is 0 Å². The average Bonchev–Trinajstić information content (AvgIpc) is 2.80. The molecule has 0 aliphatic carbocycles. The van der Waals surface area contributed by atoms with Gasteiger partial charge in [-0.25, -0.2) is 0 Å². The standard InChI is InChI=1S/C12H16N4/c1-3-16-9-11(8-15-16)12(13-2)10-4-6-14-7-5-10/h4-9,12-13H,3H2,1-2H3. The highest BCUT2D eigenvalue weighted by Gasteiger charge is 2.13. The molecule has 1 N–H and O–H groups in total. The predicted molar refractivity (Wildman–Crippen MR) is 63.0 cm³/mol. The van der Waals surface area contributed by atoms with E-state index in [-0.39, 0.29) is 6.04 Å². The Hall–Kier alpha value is -1.68. The van der Waals surface area contributed by atoms with Gasteiger partial charge in [0.25, 0.3) is 0 Å². The highest BCUT2D eigenvalue weighted by atomic mass is 15.3. The van der Waals surface area contributed by atoms with E-state index in [0.29, 0.717) is 0 Å². The van der Waals surface area contributed by atoms with Crippen molar-refractivity contribution in [3.63, 3.8) is 0 Å². The molecule has 0 bridgehead atoms. The molecule has 1 atom stereocenters. The van der Waals surface area contributed by atoms with E-state index in [1.165, 1.54) is 11.1 Å². The number of hydrogen-bond donors (Lipinski definition) is 1. The molecule has 0 aliphatic rings. The molecule has 0 amide bonds. The van der Waals surface area contributed by atoms with Crippen LogP contribution in [0, 0.1) is 0 Å². The fourth-order valence-electron chi connectivity index (χ4n) is 1.78. The van der Waals surface area contributed by atoms with Crippen LogP contribution in [0.5, 0.6) is 0 Å². The largest absolute Gasteiger partial charge is 0.309 e. The Morgan fingerprint density at radius 2 is 2.06 bits per heavy atom. The lowest BCUT2D eigenvalue weighted by Crippen LogP contribution is -2.17. The molecule has 0 radical (unpaired) electrons. The van der Waals surface area contributed by atoms with E-state index in [1.54, 1.807) is 0 Å². The van der Waals surface area contributed by atoms with Crippen LogP contribution < -0.4 is 5.32 Å². The van der Waals surface area contributed by atoms with Crippen molar-refractivity contribution < 1.29 is 0 Å². The first kappa shape index (κ1) is 10.8. The summed E-state index contributed by atoms with van der Waals surface area (Å²) in [4.78, 5) is 4.03. The number of rotatable bonds is 4. The molecule has 0 aliphatic heterocycles. The third-order valence-electron chi connectivity index (χ3n) is 2.64. The Morgan fingerprint density at radius 3 is 2.62 bits per heavy atom. The number of nitrogens with zero attached hydrogens (tertiary/aromatic N) is 3. The summed E-state index contributed by atoms with van der Waals surface area (Å²) < 4.78 is 1.93. The van der Waals surface area contributed by atoms with Crippen LogP contribution in [0.4, 0.5) is 0 Å². The Bertz CT molecular complexity index is 435. The van der Waals surface area contributed by atoms with Crippen molar-refractivity contribution in [1.82, 2.24) is 20.1 Å². The molecule has 2 rings (SSSR count). The summed E-state index contributed by atoms with van der Waals surface area (Å²) in [5, 5.41) is 7.58. The maximum atomic E-state index is 4.29. The smallest absolute Gasteiger partial charge is 0.0606 e. The molecule has 0 fully saturated rings. The highest BCUT2D eigenvalue weighted by molar-refractivity contribution is 5.27.